The van der Waals surface area contributed by atoms with Crippen molar-refractivity contribution >= 4 is 35.8 Å². The molecular weight excluding hydrogens is 442 g/mol. The summed E-state index contributed by atoms with van der Waals surface area (Å²) in [6.07, 6.45) is 1.67. The number of furan rings is 1. The van der Waals surface area contributed by atoms with Gasteiger partial charge in [-0.15, -0.1) is 0 Å². The third-order valence-corrected chi connectivity index (χ3v) is 5.06. The Kier molecular flexibility index (Phi) is 11.2. The molecule has 2 aromatic rings. The number of hydrogen-bond acceptors (Lipinski definition) is 7. The number of hydrazone groups is 1. The molecule has 1 aromatic heterocycles. The van der Waals surface area contributed by atoms with Gasteiger partial charge in [0, 0.05) is 26.3 Å². The van der Waals surface area contributed by atoms with E-state index in [2.05, 4.69) is 20.3 Å². The fourth-order valence-electron chi connectivity index (χ4n) is 2.59. The average molecular weight is 474 g/mol. The van der Waals surface area contributed by atoms with Crippen LogP contribution in [0.25, 0.3) is 0 Å². The molecule has 33 heavy (non-hydrogen) atoms. The highest BCUT2D eigenvalue weighted by Gasteiger charge is 2.10. The summed E-state index contributed by atoms with van der Waals surface area (Å²) in [5.74, 6) is 2.52. The van der Waals surface area contributed by atoms with Gasteiger partial charge >= 0.3 is 5.97 Å². The van der Waals surface area contributed by atoms with Gasteiger partial charge in [0.05, 0.1) is 18.5 Å². The lowest BCUT2D eigenvalue weighted by Gasteiger charge is -2.17. The van der Waals surface area contributed by atoms with Gasteiger partial charge in [-0.05, 0) is 31.8 Å². The maximum absolute atomic E-state index is 12.1. The number of nitrogens with zero attached hydrogens (tertiary/aromatic N) is 4. The summed E-state index contributed by atoms with van der Waals surface area (Å²) in [6.45, 7) is 2.15. The largest absolute Gasteiger partial charge is 0.464 e. The molecule has 178 valence electrons. The second kappa shape index (κ2) is 14.1. The molecule has 1 N–H and O–H groups in total. The number of rotatable bonds is 11. The number of aliphatic imine (C=N–C) groups is 1. The van der Waals surface area contributed by atoms with Crippen molar-refractivity contribution in [3.8, 4) is 0 Å². The van der Waals surface area contributed by atoms with Gasteiger partial charge in [0.1, 0.15) is 11.5 Å². The first kappa shape index (κ1) is 26.1. The SMILES string of the molecule is CC(=O)OCC(=O)/N=C(\NCCSCc1ccc(CN(C)C)o1)N(C)/N=C/c1ccccc1. The molecule has 0 atom stereocenters. The van der Waals surface area contributed by atoms with E-state index in [0.29, 0.717) is 6.54 Å². The molecule has 1 heterocycles. The molecule has 1 amide bonds. The number of esters is 1. The highest BCUT2D eigenvalue weighted by atomic mass is 32.2. The minimum absolute atomic E-state index is 0.270. The van der Waals surface area contributed by atoms with E-state index in [1.54, 1.807) is 25.0 Å². The van der Waals surface area contributed by atoms with E-state index in [9.17, 15) is 9.59 Å². The number of carbonyl (C=O) groups is 2. The van der Waals surface area contributed by atoms with Crippen LogP contribution in [0.3, 0.4) is 0 Å². The van der Waals surface area contributed by atoms with Crippen molar-refractivity contribution in [1.29, 1.82) is 0 Å². The van der Waals surface area contributed by atoms with E-state index in [4.69, 9.17) is 9.15 Å². The van der Waals surface area contributed by atoms with Crippen molar-refractivity contribution in [3.05, 3.63) is 59.5 Å². The molecule has 0 fully saturated rings. The summed E-state index contributed by atoms with van der Waals surface area (Å²) in [5.41, 5.74) is 0.914. The number of nitrogens with one attached hydrogen (secondary N) is 1. The van der Waals surface area contributed by atoms with Crippen molar-refractivity contribution in [1.82, 2.24) is 15.2 Å². The van der Waals surface area contributed by atoms with E-state index in [1.165, 1.54) is 11.9 Å². The highest BCUT2D eigenvalue weighted by molar-refractivity contribution is 7.98. The predicted octanol–water partition coefficient (Wildman–Crippen LogP) is 2.58. The van der Waals surface area contributed by atoms with E-state index in [0.717, 1.165) is 35.1 Å². The van der Waals surface area contributed by atoms with Gasteiger partial charge in [-0.2, -0.15) is 21.9 Å². The fourth-order valence-corrected chi connectivity index (χ4v) is 3.34. The molecule has 0 aliphatic carbocycles. The molecule has 2 rings (SSSR count). The molecule has 0 saturated carbocycles. The van der Waals surface area contributed by atoms with Crippen LogP contribution in [0.1, 0.15) is 24.0 Å². The van der Waals surface area contributed by atoms with Crippen LogP contribution in [0, 0.1) is 0 Å². The Morgan fingerprint density at radius 3 is 2.55 bits per heavy atom. The second-order valence-electron chi connectivity index (χ2n) is 7.37. The number of benzene rings is 1. The average Bonchev–Trinajstić information content (AvgIpc) is 3.22. The maximum Gasteiger partial charge on any atom is 0.303 e. The van der Waals surface area contributed by atoms with Crippen molar-refractivity contribution < 1.29 is 18.7 Å². The first-order valence-electron chi connectivity index (χ1n) is 10.4. The number of carbonyl (C=O) groups excluding carboxylic acids is 2. The number of thioether (sulfide) groups is 1. The lowest BCUT2D eigenvalue weighted by molar-refractivity contribution is -0.145. The summed E-state index contributed by atoms with van der Waals surface area (Å²) < 4.78 is 10.5. The molecule has 0 saturated heterocycles. The minimum atomic E-state index is -0.578. The van der Waals surface area contributed by atoms with Gasteiger partial charge in [-0.3, -0.25) is 9.59 Å². The maximum atomic E-state index is 12.1. The normalized spacial score (nSPS) is 11.7. The van der Waals surface area contributed by atoms with Crippen LogP contribution in [0.15, 0.2) is 57.0 Å². The quantitative estimate of drug-likeness (QED) is 0.175. The van der Waals surface area contributed by atoms with Gasteiger partial charge in [0.2, 0.25) is 5.96 Å². The van der Waals surface area contributed by atoms with Crippen molar-refractivity contribution in [3.63, 3.8) is 0 Å². The zero-order valence-electron chi connectivity index (χ0n) is 19.5. The summed E-state index contributed by atoms with van der Waals surface area (Å²) >= 11 is 1.70. The van der Waals surface area contributed by atoms with E-state index in [-0.39, 0.29) is 5.96 Å². The fraction of sp³-hybridized carbons (Fsp3) is 0.391. The van der Waals surface area contributed by atoms with Crippen LogP contribution in [0.4, 0.5) is 0 Å². The van der Waals surface area contributed by atoms with Gasteiger partial charge in [0.15, 0.2) is 6.61 Å². The molecule has 9 nitrogen and oxygen atoms in total. The van der Waals surface area contributed by atoms with Gasteiger partial charge in [-0.1, -0.05) is 30.3 Å². The van der Waals surface area contributed by atoms with E-state index in [1.807, 2.05) is 56.6 Å². The van der Waals surface area contributed by atoms with Crippen LogP contribution < -0.4 is 5.32 Å². The molecule has 0 radical (unpaired) electrons. The summed E-state index contributed by atoms with van der Waals surface area (Å²) in [4.78, 5) is 29.1. The van der Waals surface area contributed by atoms with E-state index >= 15 is 0 Å². The molecule has 0 aliphatic heterocycles. The summed E-state index contributed by atoms with van der Waals surface area (Å²) in [6, 6.07) is 13.6. The van der Waals surface area contributed by atoms with Crippen LogP contribution in [0.5, 0.6) is 0 Å². The molecule has 0 unspecified atom stereocenters. The third-order valence-electron chi connectivity index (χ3n) is 4.08. The zero-order chi connectivity index (χ0) is 24.1. The minimum Gasteiger partial charge on any atom is -0.464 e. The number of ether oxygens (including phenoxy) is 1. The van der Waals surface area contributed by atoms with Gasteiger partial charge < -0.3 is 19.4 Å². The first-order valence-corrected chi connectivity index (χ1v) is 11.6. The van der Waals surface area contributed by atoms with Crippen LogP contribution in [0.2, 0.25) is 0 Å². The number of guanidine groups is 1. The Bertz CT molecular complexity index is 943. The Balaban J connectivity index is 1.89. The second-order valence-corrected chi connectivity index (χ2v) is 8.48. The van der Waals surface area contributed by atoms with Crippen LogP contribution in [-0.4, -0.2) is 74.0 Å². The molecule has 1 aromatic carbocycles. The van der Waals surface area contributed by atoms with Crippen molar-refractivity contribution in [2.24, 2.45) is 10.1 Å². The van der Waals surface area contributed by atoms with Gasteiger partial charge in [-0.25, -0.2) is 5.01 Å². The third kappa shape index (κ3) is 10.8. The van der Waals surface area contributed by atoms with Gasteiger partial charge in [0.25, 0.3) is 5.91 Å². The van der Waals surface area contributed by atoms with Crippen molar-refractivity contribution in [2.75, 3.05) is 40.0 Å². The lowest BCUT2D eigenvalue weighted by Crippen LogP contribution is -2.38. The summed E-state index contributed by atoms with van der Waals surface area (Å²) in [5, 5.41) is 8.96. The van der Waals surface area contributed by atoms with E-state index < -0.39 is 18.5 Å². The Morgan fingerprint density at radius 2 is 1.85 bits per heavy atom. The van der Waals surface area contributed by atoms with Crippen LogP contribution >= 0.6 is 11.8 Å². The smallest absolute Gasteiger partial charge is 0.303 e. The predicted molar refractivity (Wildman–Crippen MR) is 131 cm³/mol. The summed E-state index contributed by atoms with van der Waals surface area (Å²) in [7, 11) is 5.69. The molecule has 0 spiro atoms. The highest BCUT2D eigenvalue weighted by Crippen LogP contribution is 2.16. The number of amides is 1. The Labute approximate surface area is 198 Å². The molecule has 10 heteroatoms. The molecule has 0 aliphatic rings. The van der Waals surface area contributed by atoms with Crippen LogP contribution in [-0.2, 0) is 26.6 Å². The monoisotopic (exact) mass is 473 g/mol. The van der Waals surface area contributed by atoms with Crippen molar-refractivity contribution in [2.45, 2.75) is 19.2 Å². The lowest BCUT2D eigenvalue weighted by atomic mass is 10.2. The first-order chi connectivity index (χ1) is 15.8. The molecular formula is C23H31N5O4S. The standard InChI is InChI=1S/C23H31N5O4S/c1-18(29)31-16-22(30)26-23(28(4)25-14-19-8-6-5-7-9-19)24-12-13-33-17-21-11-10-20(32-21)15-27(2)3/h5-11,14H,12-13,15-17H2,1-4H3,(H,24,26,30)/b25-14+. The Morgan fingerprint density at radius 1 is 1.12 bits per heavy atom. The Hall–Kier alpha value is -3.11. The zero-order valence-corrected chi connectivity index (χ0v) is 20.3. The molecule has 0 bridgehead atoms. The number of hydrogen-bond donors (Lipinski definition) is 1. The topological polar surface area (TPSA) is 99.7 Å².